The molecule has 3 rings (SSSR count). The molecular formula is C16H14N4O3. The van der Waals surface area contributed by atoms with Crippen LogP contribution >= 0.6 is 0 Å². The Morgan fingerprint density at radius 1 is 1.22 bits per heavy atom. The number of pyridine rings is 1. The number of esters is 1. The van der Waals surface area contributed by atoms with E-state index in [9.17, 15) is 9.59 Å². The molecule has 0 bridgehead atoms. The third-order valence-corrected chi connectivity index (χ3v) is 3.23. The highest BCUT2D eigenvalue weighted by Gasteiger charge is 2.10. The monoisotopic (exact) mass is 310 g/mol. The lowest BCUT2D eigenvalue weighted by Gasteiger charge is -2.02. The zero-order valence-corrected chi connectivity index (χ0v) is 12.6. The standard InChI is InChI=1S/C16H14N4O3/c1-10(21)18-12-3-4-14-11(7-12)9-20(19-14)13-5-6-17-15(8-13)16(22)23-2/h3-9H,1-2H3,(H,18,21). The summed E-state index contributed by atoms with van der Waals surface area (Å²) >= 11 is 0. The van der Waals surface area contributed by atoms with E-state index in [2.05, 4.69) is 20.1 Å². The smallest absolute Gasteiger partial charge is 0.356 e. The summed E-state index contributed by atoms with van der Waals surface area (Å²) in [6, 6.07) is 8.79. The molecule has 7 nitrogen and oxygen atoms in total. The van der Waals surface area contributed by atoms with Crippen LogP contribution < -0.4 is 5.32 Å². The molecule has 0 atom stereocenters. The van der Waals surface area contributed by atoms with Crippen molar-refractivity contribution in [2.75, 3.05) is 12.4 Å². The molecule has 0 saturated heterocycles. The molecule has 0 saturated carbocycles. The maximum atomic E-state index is 11.6. The zero-order valence-electron chi connectivity index (χ0n) is 12.6. The Bertz CT molecular complexity index is 901. The van der Waals surface area contributed by atoms with Gasteiger partial charge in [0.05, 0.1) is 18.3 Å². The molecule has 0 aliphatic rings. The number of hydrogen-bond donors (Lipinski definition) is 1. The predicted molar refractivity (Wildman–Crippen MR) is 84.5 cm³/mol. The van der Waals surface area contributed by atoms with E-state index in [-0.39, 0.29) is 11.6 Å². The number of carbonyl (C=O) groups is 2. The maximum Gasteiger partial charge on any atom is 0.356 e. The van der Waals surface area contributed by atoms with Crippen molar-refractivity contribution in [2.45, 2.75) is 6.92 Å². The third kappa shape index (κ3) is 3.03. The highest BCUT2D eigenvalue weighted by Crippen LogP contribution is 2.20. The Balaban J connectivity index is 2.00. The van der Waals surface area contributed by atoms with Crippen LogP contribution in [0.15, 0.2) is 42.7 Å². The molecule has 116 valence electrons. The van der Waals surface area contributed by atoms with E-state index in [0.29, 0.717) is 11.4 Å². The fourth-order valence-corrected chi connectivity index (χ4v) is 2.22. The molecular weight excluding hydrogens is 296 g/mol. The van der Waals surface area contributed by atoms with E-state index < -0.39 is 5.97 Å². The SMILES string of the molecule is COC(=O)c1cc(-n2cc3cc(NC(C)=O)ccc3n2)ccn1. The average Bonchev–Trinajstić information content (AvgIpc) is 2.97. The van der Waals surface area contributed by atoms with Crippen molar-refractivity contribution >= 4 is 28.5 Å². The van der Waals surface area contributed by atoms with E-state index in [1.165, 1.54) is 20.2 Å². The second-order valence-electron chi connectivity index (χ2n) is 4.92. The quantitative estimate of drug-likeness (QED) is 0.749. The predicted octanol–water partition coefficient (Wildman–Crippen LogP) is 2.17. The molecule has 1 amide bonds. The van der Waals surface area contributed by atoms with Gasteiger partial charge in [-0.05, 0) is 30.3 Å². The first-order valence-electron chi connectivity index (χ1n) is 6.88. The highest BCUT2D eigenvalue weighted by atomic mass is 16.5. The Labute approximate surface area is 131 Å². The van der Waals surface area contributed by atoms with Crippen LogP contribution in [0.2, 0.25) is 0 Å². The van der Waals surface area contributed by atoms with Crippen molar-refractivity contribution in [2.24, 2.45) is 0 Å². The molecule has 0 fully saturated rings. The average molecular weight is 310 g/mol. The topological polar surface area (TPSA) is 86.1 Å². The normalized spacial score (nSPS) is 10.5. The van der Waals surface area contributed by atoms with Crippen molar-refractivity contribution in [3.8, 4) is 5.69 Å². The summed E-state index contributed by atoms with van der Waals surface area (Å²) in [5, 5.41) is 8.05. The molecule has 3 aromatic rings. The number of fused-ring (bicyclic) bond motifs is 1. The number of nitrogens with zero attached hydrogens (tertiary/aromatic N) is 3. The zero-order chi connectivity index (χ0) is 16.4. The largest absolute Gasteiger partial charge is 0.464 e. The molecule has 2 heterocycles. The van der Waals surface area contributed by atoms with Crippen molar-refractivity contribution in [1.82, 2.24) is 14.8 Å². The number of hydrogen-bond acceptors (Lipinski definition) is 5. The number of rotatable bonds is 3. The van der Waals surface area contributed by atoms with Gasteiger partial charge in [-0.2, -0.15) is 5.10 Å². The van der Waals surface area contributed by atoms with Gasteiger partial charge in [-0.25, -0.2) is 14.5 Å². The van der Waals surface area contributed by atoms with E-state index in [0.717, 1.165) is 10.9 Å². The number of ether oxygens (including phenoxy) is 1. The van der Waals surface area contributed by atoms with Crippen LogP contribution in [0.1, 0.15) is 17.4 Å². The van der Waals surface area contributed by atoms with E-state index in [4.69, 9.17) is 0 Å². The van der Waals surface area contributed by atoms with Crippen LogP contribution in [-0.2, 0) is 9.53 Å². The van der Waals surface area contributed by atoms with E-state index in [1.807, 2.05) is 18.3 Å². The van der Waals surface area contributed by atoms with Crippen LogP contribution in [0.5, 0.6) is 0 Å². The van der Waals surface area contributed by atoms with E-state index in [1.54, 1.807) is 22.9 Å². The lowest BCUT2D eigenvalue weighted by Crippen LogP contribution is -2.05. The molecule has 0 unspecified atom stereocenters. The van der Waals surface area contributed by atoms with Crippen LogP contribution in [0.4, 0.5) is 5.69 Å². The second kappa shape index (κ2) is 5.88. The summed E-state index contributed by atoms with van der Waals surface area (Å²) in [6.45, 7) is 1.46. The van der Waals surface area contributed by atoms with Gasteiger partial charge >= 0.3 is 5.97 Å². The number of methoxy groups -OCH3 is 1. The molecule has 1 N–H and O–H groups in total. The number of amides is 1. The van der Waals surface area contributed by atoms with Gasteiger partial charge in [-0.3, -0.25) is 4.79 Å². The molecule has 1 aromatic carbocycles. The molecule has 0 aliphatic carbocycles. The molecule has 7 heteroatoms. The fraction of sp³-hybridized carbons (Fsp3) is 0.125. The number of nitrogens with one attached hydrogen (secondary N) is 1. The first-order chi connectivity index (χ1) is 11.1. The first kappa shape index (κ1) is 14.7. The van der Waals surface area contributed by atoms with Gasteiger partial charge in [-0.1, -0.05) is 0 Å². The molecule has 23 heavy (non-hydrogen) atoms. The summed E-state index contributed by atoms with van der Waals surface area (Å²) in [5.74, 6) is -0.634. The van der Waals surface area contributed by atoms with Gasteiger partial charge in [0.1, 0.15) is 5.69 Å². The summed E-state index contributed by atoms with van der Waals surface area (Å²) in [6.07, 6.45) is 3.34. The summed E-state index contributed by atoms with van der Waals surface area (Å²) in [4.78, 5) is 26.7. The van der Waals surface area contributed by atoms with E-state index >= 15 is 0 Å². The minimum absolute atomic E-state index is 0.131. The highest BCUT2D eigenvalue weighted by molar-refractivity contribution is 5.92. The molecule has 2 aromatic heterocycles. The fourth-order valence-electron chi connectivity index (χ4n) is 2.22. The number of benzene rings is 1. The molecule has 0 radical (unpaired) electrons. The maximum absolute atomic E-state index is 11.6. The van der Waals surface area contributed by atoms with Crippen molar-refractivity contribution in [1.29, 1.82) is 0 Å². The number of aromatic nitrogens is 3. The Morgan fingerprint density at radius 3 is 2.78 bits per heavy atom. The summed E-state index contributed by atoms with van der Waals surface area (Å²) < 4.78 is 6.32. The van der Waals surface area contributed by atoms with Crippen molar-refractivity contribution in [3.05, 3.63) is 48.4 Å². The van der Waals surface area contributed by atoms with Crippen LogP contribution in [0.3, 0.4) is 0 Å². The lowest BCUT2D eigenvalue weighted by atomic mass is 10.2. The van der Waals surface area contributed by atoms with Crippen LogP contribution in [-0.4, -0.2) is 33.8 Å². The van der Waals surface area contributed by atoms with Gasteiger partial charge in [0.2, 0.25) is 5.91 Å². The van der Waals surface area contributed by atoms with Gasteiger partial charge < -0.3 is 10.1 Å². The van der Waals surface area contributed by atoms with Crippen LogP contribution in [0.25, 0.3) is 16.6 Å². The number of anilines is 1. The summed E-state index contributed by atoms with van der Waals surface area (Å²) in [7, 11) is 1.31. The van der Waals surface area contributed by atoms with Crippen molar-refractivity contribution in [3.63, 3.8) is 0 Å². The van der Waals surface area contributed by atoms with Gasteiger partial charge in [0.25, 0.3) is 0 Å². The Kier molecular flexibility index (Phi) is 3.76. The third-order valence-electron chi connectivity index (χ3n) is 3.23. The molecule has 0 spiro atoms. The minimum Gasteiger partial charge on any atom is -0.464 e. The second-order valence-corrected chi connectivity index (χ2v) is 4.92. The van der Waals surface area contributed by atoms with Crippen molar-refractivity contribution < 1.29 is 14.3 Å². The number of carbonyl (C=O) groups excluding carboxylic acids is 2. The minimum atomic E-state index is -0.503. The van der Waals surface area contributed by atoms with Gasteiger partial charge in [-0.15, -0.1) is 0 Å². The van der Waals surface area contributed by atoms with Crippen LogP contribution in [0, 0.1) is 0 Å². The Morgan fingerprint density at radius 2 is 2.04 bits per heavy atom. The van der Waals surface area contributed by atoms with Gasteiger partial charge in [0.15, 0.2) is 0 Å². The summed E-state index contributed by atoms with van der Waals surface area (Å²) in [5.41, 5.74) is 2.38. The Hall–Kier alpha value is -3.22. The molecule has 0 aliphatic heterocycles. The lowest BCUT2D eigenvalue weighted by molar-refractivity contribution is -0.114. The first-order valence-corrected chi connectivity index (χ1v) is 6.88. The van der Waals surface area contributed by atoms with Gasteiger partial charge in [0, 0.05) is 30.4 Å².